The van der Waals surface area contributed by atoms with Gasteiger partial charge in [-0.05, 0) is 12.8 Å². The largest absolute Gasteiger partial charge is 0.394 e. The lowest BCUT2D eigenvalue weighted by atomic mass is 10.1. The van der Waals surface area contributed by atoms with Crippen LogP contribution in [0.5, 0.6) is 0 Å². The maximum Gasteiger partial charge on any atom is 0.242 e. The fraction of sp³-hybridized carbons (Fsp3) is 0.692. The summed E-state index contributed by atoms with van der Waals surface area (Å²) in [6.45, 7) is 6.82. The van der Waals surface area contributed by atoms with Gasteiger partial charge in [0.15, 0.2) is 0 Å². The van der Waals surface area contributed by atoms with Gasteiger partial charge < -0.3 is 21.1 Å². The van der Waals surface area contributed by atoms with Crippen LogP contribution in [0.3, 0.4) is 0 Å². The lowest BCUT2D eigenvalue weighted by Crippen LogP contribution is -2.39. The van der Waals surface area contributed by atoms with E-state index in [9.17, 15) is 4.79 Å². The third-order valence-electron chi connectivity index (χ3n) is 3.01. The van der Waals surface area contributed by atoms with Crippen LogP contribution in [0.25, 0.3) is 0 Å². The van der Waals surface area contributed by atoms with Gasteiger partial charge in [0.25, 0.3) is 0 Å². The molecule has 1 aromatic rings. The Balaban J connectivity index is 2.70. The van der Waals surface area contributed by atoms with Crippen molar-refractivity contribution >= 4 is 17.4 Å². The van der Waals surface area contributed by atoms with E-state index in [1.165, 1.54) is 0 Å². The number of carbonyl (C=O) groups excluding carboxylic acids is 1. The summed E-state index contributed by atoms with van der Waals surface area (Å²) in [5.41, 5.74) is 7.51. The lowest BCUT2D eigenvalue weighted by molar-refractivity contribution is -0.121. The van der Waals surface area contributed by atoms with Crippen molar-refractivity contribution in [3.05, 3.63) is 5.69 Å². The summed E-state index contributed by atoms with van der Waals surface area (Å²) in [7, 11) is 3.40. The van der Waals surface area contributed by atoms with Crippen LogP contribution in [0.1, 0.15) is 32.4 Å². The predicted octanol–water partition coefficient (Wildman–Crippen LogP) is 0.689. The summed E-state index contributed by atoms with van der Waals surface area (Å²) < 4.78 is 6.56. The number of hydrogen-bond donors (Lipinski definition) is 3. The average molecular weight is 283 g/mol. The molecule has 1 heterocycles. The van der Waals surface area contributed by atoms with Crippen molar-refractivity contribution in [1.82, 2.24) is 15.1 Å². The molecule has 0 fully saturated rings. The monoisotopic (exact) mass is 283 g/mol. The Morgan fingerprint density at radius 1 is 1.45 bits per heavy atom. The SMILES string of the molecule is COCCNC(=O)C(C)Nc1c(N)c(C(C)C)nn1C. The molecule has 0 aliphatic rings. The third kappa shape index (κ3) is 3.86. The molecule has 1 unspecified atom stereocenters. The summed E-state index contributed by atoms with van der Waals surface area (Å²) in [6, 6.07) is -0.399. The van der Waals surface area contributed by atoms with E-state index in [1.807, 2.05) is 13.8 Å². The van der Waals surface area contributed by atoms with E-state index in [-0.39, 0.29) is 11.8 Å². The van der Waals surface area contributed by atoms with Gasteiger partial charge in [-0.15, -0.1) is 0 Å². The minimum Gasteiger partial charge on any atom is -0.394 e. The maximum atomic E-state index is 11.9. The second kappa shape index (κ2) is 7.14. The number of nitrogens with two attached hydrogens (primary N) is 1. The molecule has 20 heavy (non-hydrogen) atoms. The van der Waals surface area contributed by atoms with Crippen LogP contribution >= 0.6 is 0 Å². The topological polar surface area (TPSA) is 94.2 Å². The zero-order valence-electron chi connectivity index (χ0n) is 12.9. The van der Waals surface area contributed by atoms with Crippen LogP contribution in [-0.2, 0) is 16.6 Å². The van der Waals surface area contributed by atoms with E-state index in [0.717, 1.165) is 5.69 Å². The van der Waals surface area contributed by atoms with Gasteiger partial charge in [-0.1, -0.05) is 13.8 Å². The number of hydrogen-bond acceptors (Lipinski definition) is 5. The molecule has 114 valence electrons. The number of carbonyl (C=O) groups is 1. The lowest BCUT2D eigenvalue weighted by Gasteiger charge is -2.15. The number of nitrogens with zero attached hydrogens (tertiary/aromatic N) is 2. The quantitative estimate of drug-likeness (QED) is 0.640. The van der Waals surface area contributed by atoms with Gasteiger partial charge in [-0.3, -0.25) is 9.48 Å². The molecule has 0 saturated heterocycles. The van der Waals surface area contributed by atoms with Crippen LogP contribution < -0.4 is 16.4 Å². The van der Waals surface area contributed by atoms with Crippen molar-refractivity contribution < 1.29 is 9.53 Å². The van der Waals surface area contributed by atoms with Gasteiger partial charge in [0, 0.05) is 20.7 Å². The molecule has 1 atom stereocenters. The first-order valence-corrected chi connectivity index (χ1v) is 6.74. The van der Waals surface area contributed by atoms with Crippen LogP contribution in [0.4, 0.5) is 11.5 Å². The third-order valence-corrected chi connectivity index (χ3v) is 3.01. The van der Waals surface area contributed by atoms with Gasteiger partial charge in [0.05, 0.1) is 18.0 Å². The first-order valence-electron chi connectivity index (χ1n) is 6.74. The maximum absolute atomic E-state index is 11.9. The minimum atomic E-state index is -0.399. The number of methoxy groups -OCH3 is 1. The molecule has 0 saturated carbocycles. The zero-order valence-corrected chi connectivity index (χ0v) is 12.9. The molecule has 0 spiro atoms. The number of amides is 1. The van der Waals surface area contributed by atoms with Crippen molar-refractivity contribution in [2.75, 3.05) is 31.3 Å². The van der Waals surface area contributed by atoms with Crippen molar-refractivity contribution in [2.24, 2.45) is 7.05 Å². The van der Waals surface area contributed by atoms with E-state index in [0.29, 0.717) is 24.7 Å². The highest BCUT2D eigenvalue weighted by atomic mass is 16.5. The highest BCUT2D eigenvalue weighted by molar-refractivity contribution is 5.85. The summed E-state index contributed by atoms with van der Waals surface area (Å²) in [5, 5.41) is 10.3. The van der Waals surface area contributed by atoms with Crippen molar-refractivity contribution in [2.45, 2.75) is 32.7 Å². The average Bonchev–Trinajstić information content (AvgIpc) is 2.67. The number of aromatic nitrogens is 2. The molecule has 7 nitrogen and oxygen atoms in total. The second-order valence-electron chi connectivity index (χ2n) is 5.08. The Bertz CT molecular complexity index is 456. The zero-order chi connectivity index (χ0) is 15.3. The fourth-order valence-corrected chi connectivity index (χ4v) is 1.86. The number of rotatable bonds is 7. The molecule has 0 aromatic carbocycles. The highest BCUT2D eigenvalue weighted by Gasteiger charge is 2.19. The van der Waals surface area contributed by atoms with Crippen LogP contribution in [0, 0.1) is 0 Å². The number of aryl methyl sites for hydroxylation is 1. The minimum absolute atomic E-state index is 0.103. The first-order chi connectivity index (χ1) is 9.38. The van der Waals surface area contributed by atoms with E-state index >= 15 is 0 Å². The summed E-state index contributed by atoms with van der Waals surface area (Å²) in [5.74, 6) is 0.805. The number of nitrogen functional groups attached to an aromatic ring is 1. The number of anilines is 2. The molecular weight excluding hydrogens is 258 g/mol. The van der Waals surface area contributed by atoms with Gasteiger partial charge in [0.2, 0.25) is 5.91 Å². The molecule has 1 amide bonds. The van der Waals surface area contributed by atoms with Gasteiger partial charge in [-0.25, -0.2) is 0 Å². The van der Waals surface area contributed by atoms with Crippen LogP contribution in [0.15, 0.2) is 0 Å². The van der Waals surface area contributed by atoms with Crippen LogP contribution in [-0.4, -0.2) is 42.0 Å². The van der Waals surface area contributed by atoms with Gasteiger partial charge in [-0.2, -0.15) is 5.10 Å². The number of nitrogens with one attached hydrogen (secondary N) is 2. The smallest absolute Gasteiger partial charge is 0.242 e. The molecule has 0 bridgehead atoms. The Morgan fingerprint density at radius 3 is 2.60 bits per heavy atom. The molecule has 4 N–H and O–H groups in total. The van der Waals surface area contributed by atoms with Crippen molar-refractivity contribution in [3.63, 3.8) is 0 Å². The van der Waals surface area contributed by atoms with Crippen LogP contribution in [0.2, 0.25) is 0 Å². The summed E-state index contributed by atoms with van der Waals surface area (Å²) in [4.78, 5) is 11.9. The second-order valence-corrected chi connectivity index (χ2v) is 5.08. The standard InChI is InChI=1S/C13H25N5O2/c1-8(2)11-10(14)12(18(4)17-11)16-9(3)13(19)15-6-7-20-5/h8-9,16H,6-7,14H2,1-5H3,(H,15,19). The fourth-order valence-electron chi connectivity index (χ4n) is 1.86. The highest BCUT2D eigenvalue weighted by Crippen LogP contribution is 2.28. The Labute approximate surface area is 119 Å². The van der Waals surface area contributed by atoms with Crippen molar-refractivity contribution in [3.8, 4) is 0 Å². The molecular formula is C13H25N5O2. The Kier molecular flexibility index (Phi) is 5.82. The molecule has 0 radical (unpaired) electrons. The number of ether oxygens (including phenoxy) is 1. The molecule has 0 aliphatic carbocycles. The normalized spacial score (nSPS) is 12.5. The Morgan fingerprint density at radius 2 is 2.10 bits per heavy atom. The van der Waals surface area contributed by atoms with Crippen molar-refractivity contribution in [1.29, 1.82) is 0 Å². The van der Waals surface area contributed by atoms with Gasteiger partial charge >= 0.3 is 0 Å². The molecule has 1 rings (SSSR count). The van der Waals surface area contributed by atoms with Gasteiger partial charge in [0.1, 0.15) is 11.9 Å². The van der Waals surface area contributed by atoms with E-state index in [4.69, 9.17) is 10.5 Å². The molecule has 1 aromatic heterocycles. The predicted molar refractivity (Wildman–Crippen MR) is 79.7 cm³/mol. The Hall–Kier alpha value is -1.76. The van der Waals surface area contributed by atoms with E-state index in [2.05, 4.69) is 15.7 Å². The van der Waals surface area contributed by atoms with E-state index < -0.39 is 6.04 Å². The van der Waals surface area contributed by atoms with E-state index in [1.54, 1.807) is 25.8 Å². The summed E-state index contributed by atoms with van der Waals surface area (Å²) >= 11 is 0. The molecule has 7 heteroatoms. The summed E-state index contributed by atoms with van der Waals surface area (Å²) in [6.07, 6.45) is 0. The first kappa shape index (κ1) is 16.3. The molecule has 0 aliphatic heterocycles.